The van der Waals surface area contributed by atoms with Crippen molar-refractivity contribution in [2.45, 2.75) is 19.8 Å². The Morgan fingerprint density at radius 2 is 2.12 bits per heavy atom. The molecule has 0 unspecified atom stereocenters. The minimum atomic E-state index is -0.946. The fraction of sp³-hybridized carbons (Fsp3) is 0.308. The Balaban J connectivity index is 2.64. The van der Waals surface area contributed by atoms with Gasteiger partial charge >= 0.3 is 5.97 Å². The summed E-state index contributed by atoms with van der Waals surface area (Å²) in [5.74, 6) is -0.946. The molecule has 0 atom stereocenters. The molecule has 4 heteroatoms. The minimum absolute atomic E-state index is 0.0187. The molecule has 3 N–H and O–H groups in total. The standard InChI is InChI=1S/C13H15NO3/c1-2-10-7-11-8(3-4-15)5-9(13(16)17)6-12(11)14-10/h5-7,14-15H,2-4H2,1H3,(H,16,17). The number of aliphatic hydroxyl groups excluding tert-OH is 1. The van der Waals surface area contributed by atoms with E-state index in [4.69, 9.17) is 10.2 Å². The van der Waals surface area contributed by atoms with Crippen LogP contribution in [0.5, 0.6) is 0 Å². The van der Waals surface area contributed by atoms with Crippen LogP contribution in [0.2, 0.25) is 0 Å². The van der Waals surface area contributed by atoms with Crippen LogP contribution in [0, 0.1) is 0 Å². The third-order valence-electron chi connectivity index (χ3n) is 2.89. The third-order valence-corrected chi connectivity index (χ3v) is 2.89. The molecule has 0 amide bonds. The first-order chi connectivity index (χ1) is 8.15. The van der Waals surface area contributed by atoms with Crippen LogP contribution in [0.1, 0.15) is 28.5 Å². The Kier molecular flexibility index (Phi) is 3.15. The maximum atomic E-state index is 11.0. The van der Waals surface area contributed by atoms with Gasteiger partial charge in [-0.1, -0.05) is 6.92 Å². The summed E-state index contributed by atoms with van der Waals surface area (Å²) in [6, 6.07) is 5.29. The molecule has 2 rings (SSSR count). The minimum Gasteiger partial charge on any atom is -0.478 e. The lowest BCUT2D eigenvalue weighted by molar-refractivity contribution is 0.0697. The van der Waals surface area contributed by atoms with Crippen molar-refractivity contribution in [3.05, 3.63) is 35.0 Å². The van der Waals surface area contributed by atoms with Gasteiger partial charge in [-0.3, -0.25) is 0 Å². The number of carboxylic acids is 1. The van der Waals surface area contributed by atoms with E-state index >= 15 is 0 Å². The molecule has 0 bridgehead atoms. The van der Waals surface area contributed by atoms with Crippen molar-refractivity contribution < 1.29 is 15.0 Å². The molecule has 1 aromatic carbocycles. The van der Waals surface area contributed by atoms with Crippen molar-refractivity contribution in [3.8, 4) is 0 Å². The zero-order valence-corrected chi connectivity index (χ0v) is 9.66. The van der Waals surface area contributed by atoms with Crippen LogP contribution in [0.3, 0.4) is 0 Å². The van der Waals surface area contributed by atoms with Gasteiger partial charge in [0.2, 0.25) is 0 Å². The molecule has 0 saturated carbocycles. The molecule has 0 aliphatic carbocycles. The predicted octanol–water partition coefficient (Wildman–Crippen LogP) is 1.96. The van der Waals surface area contributed by atoms with Crippen LogP contribution in [0.4, 0.5) is 0 Å². The Labute approximate surface area is 98.9 Å². The van der Waals surface area contributed by atoms with Crippen molar-refractivity contribution in [1.29, 1.82) is 0 Å². The van der Waals surface area contributed by atoms with Gasteiger partial charge in [0.15, 0.2) is 0 Å². The molecule has 0 spiro atoms. The van der Waals surface area contributed by atoms with Crippen molar-refractivity contribution in [2.24, 2.45) is 0 Å². The lowest BCUT2D eigenvalue weighted by Gasteiger charge is -2.03. The maximum absolute atomic E-state index is 11.0. The quantitative estimate of drug-likeness (QED) is 0.755. The van der Waals surface area contributed by atoms with Gasteiger partial charge in [0.25, 0.3) is 0 Å². The summed E-state index contributed by atoms with van der Waals surface area (Å²) in [6.07, 6.45) is 1.34. The second-order valence-corrected chi connectivity index (χ2v) is 4.02. The SMILES string of the molecule is CCc1cc2c(CCO)cc(C(=O)O)cc2[nH]1. The number of hydrogen-bond acceptors (Lipinski definition) is 2. The normalized spacial score (nSPS) is 10.9. The molecule has 0 aliphatic heterocycles. The zero-order chi connectivity index (χ0) is 12.4. The van der Waals surface area contributed by atoms with Gasteiger partial charge in [0.05, 0.1) is 5.56 Å². The first-order valence-electron chi connectivity index (χ1n) is 5.64. The van der Waals surface area contributed by atoms with Gasteiger partial charge in [-0.2, -0.15) is 0 Å². The van der Waals surface area contributed by atoms with E-state index in [-0.39, 0.29) is 12.2 Å². The number of carbonyl (C=O) groups is 1. The summed E-state index contributed by atoms with van der Waals surface area (Å²) in [5.41, 5.74) is 3.02. The molecule has 0 fully saturated rings. The van der Waals surface area contributed by atoms with Crippen LogP contribution in [0.15, 0.2) is 18.2 Å². The maximum Gasteiger partial charge on any atom is 0.335 e. The number of aryl methyl sites for hydroxylation is 1. The highest BCUT2D eigenvalue weighted by atomic mass is 16.4. The number of aromatic carboxylic acids is 1. The molecule has 1 heterocycles. The average molecular weight is 233 g/mol. The van der Waals surface area contributed by atoms with Gasteiger partial charge in [-0.05, 0) is 36.6 Å². The van der Waals surface area contributed by atoms with E-state index in [1.165, 1.54) is 0 Å². The van der Waals surface area contributed by atoms with Crippen LogP contribution < -0.4 is 0 Å². The van der Waals surface area contributed by atoms with Crippen molar-refractivity contribution >= 4 is 16.9 Å². The van der Waals surface area contributed by atoms with E-state index in [0.29, 0.717) is 6.42 Å². The average Bonchev–Trinajstić information content (AvgIpc) is 2.72. The van der Waals surface area contributed by atoms with E-state index in [0.717, 1.165) is 28.6 Å². The Morgan fingerprint density at radius 3 is 2.71 bits per heavy atom. The number of H-pyrrole nitrogens is 1. The summed E-state index contributed by atoms with van der Waals surface area (Å²) in [4.78, 5) is 14.2. The van der Waals surface area contributed by atoms with Gasteiger partial charge < -0.3 is 15.2 Å². The fourth-order valence-electron chi connectivity index (χ4n) is 2.01. The summed E-state index contributed by atoms with van der Waals surface area (Å²) in [5, 5.41) is 19.0. The molecular weight excluding hydrogens is 218 g/mol. The number of nitrogens with one attached hydrogen (secondary N) is 1. The van der Waals surface area contributed by atoms with Gasteiger partial charge in [0.1, 0.15) is 0 Å². The largest absolute Gasteiger partial charge is 0.478 e. The Hall–Kier alpha value is -1.81. The molecule has 17 heavy (non-hydrogen) atoms. The number of hydrogen-bond donors (Lipinski definition) is 3. The molecule has 4 nitrogen and oxygen atoms in total. The van der Waals surface area contributed by atoms with E-state index in [2.05, 4.69) is 4.98 Å². The number of fused-ring (bicyclic) bond motifs is 1. The molecule has 2 aromatic rings. The molecule has 0 radical (unpaired) electrons. The second kappa shape index (κ2) is 4.59. The topological polar surface area (TPSA) is 73.3 Å². The smallest absolute Gasteiger partial charge is 0.335 e. The highest BCUT2D eigenvalue weighted by Gasteiger charge is 2.11. The third kappa shape index (κ3) is 2.17. The Bertz CT molecular complexity index is 557. The summed E-state index contributed by atoms with van der Waals surface area (Å²) in [6.45, 7) is 2.05. The predicted molar refractivity (Wildman–Crippen MR) is 65.4 cm³/mol. The van der Waals surface area contributed by atoms with Gasteiger partial charge in [0, 0.05) is 23.2 Å². The van der Waals surface area contributed by atoms with Crippen LogP contribution in [-0.4, -0.2) is 27.8 Å². The second-order valence-electron chi connectivity index (χ2n) is 4.02. The molecule has 0 saturated heterocycles. The highest BCUT2D eigenvalue weighted by molar-refractivity contribution is 5.95. The number of aromatic amines is 1. The first-order valence-corrected chi connectivity index (χ1v) is 5.64. The fourth-order valence-corrected chi connectivity index (χ4v) is 2.01. The van der Waals surface area contributed by atoms with Crippen molar-refractivity contribution in [3.63, 3.8) is 0 Å². The monoisotopic (exact) mass is 233 g/mol. The summed E-state index contributed by atoms with van der Waals surface area (Å²) in [7, 11) is 0. The summed E-state index contributed by atoms with van der Waals surface area (Å²) < 4.78 is 0. The lowest BCUT2D eigenvalue weighted by atomic mass is 10.0. The zero-order valence-electron chi connectivity index (χ0n) is 9.66. The molecule has 90 valence electrons. The molecule has 1 aromatic heterocycles. The van der Waals surface area contributed by atoms with Crippen molar-refractivity contribution in [1.82, 2.24) is 4.98 Å². The van der Waals surface area contributed by atoms with Crippen LogP contribution in [0.25, 0.3) is 10.9 Å². The van der Waals surface area contributed by atoms with Gasteiger partial charge in [-0.25, -0.2) is 4.79 Å². The van der Waals surface area contributed by atoms with E-state index in [1.54, 1.807) is 12.1 Å². The highest BCUT2D eigenvalue weighted by Crippen LogP contribution is 2.23. The molecule has 0 aliphatic rings. The van der Waals surface area contributed by atoms with Crippen LogP contribution in [-0.2, 0) is 12.8 Å². The van der Waals surface area contributed by atoms with Crippen LogP contribution >= 0.6 is 0 Å². The van der Waals surface area contributed by atoms with Gasteiger partial charge in [-0.15, -0.1) is 0 Å². The van der Waals surface area contributed by atoms with Crippen molar-refractivity contribution in [2.75, 3.05) is 6.61 Å². The first kappa shape index (κ1) is 11.7. The number of rotatable bonds is 4. The summed E-state index contributed by atoms with van der Waals surface area (Å²) >= 11 is 0. The van der Waals surface area contributed by atoms with E-state index in [9.17, 15) is 4.79 Å². The van der Waals surface area contributed by atoms with E-state index in [1.807, 2.05) is 13.0 Å². The lowest BCUT2D eigenvalue weighted by Crippen LogP contribution is -1.99. The number of aliphatic hydroxyl groups is 1. The number of aromatic nitrogens is 1. The number of benzene rings is 1. The Morgan fingerprint density at radius 1 is 1.35 bits per heavy atom. The molecular formula is C13H15NO3. The van der Waals surface area contributed by atoms with E-state index < -0.39 is 5.97 Å². The number of carboxylic acid groups (broad SMARTS) is 1.